The van der Waals surface area contributed by atoms with Gasteiger partial charge < -0.3 is 28.5 Å². The van der Waals surface area contributed by atoms with E-state index in [9.17, 15) is 0 Å². The Balaban J connectivity index is 0.000001000. The number of likely N-dealkylation sites (tertiary alicyclic amines) is 1. The van der Waals surface area contributed by atoms with Crippen LogP contribution < -0.4 is 24.0 Å². The molecule has 0 spiro atoms. The Morgan fingerprint density at radius 2 is 1.82 bits per heavy atom. The molecular weight excluding hydrogens is 249 g/mol. The summed E-state index contributed by atoms with van der Waals surface area (Å²) in [5.41, 5.74) is 0. The summed E-state index contributed by atoms with van der Waals surface area (Å²) in [4.78, 5) is 0. The molecule has 1 nitrogen and oxygen atoms in total. The van der Waals surface area contributed by atoms with Crippen molar-refractivity contribution >= 4 is 0 Å². The fourth-order valence-corrected chi connectivity index (χ4v) is 1.65. The van der Waals surface area contributed by atoms with E-state index < -0.39 is 0 Å². The van der Waals surface area contributed by atoms with Crippen LogP contribution in [0.2, 0.25) is 0 Å². The zero-order valence-corrected chi connectivity index (χ0v) is 9.30. The van der Waals surface area contributed by atoms with E-state index in [-0.39, 0.29) is 24.0 Å². The third-order valence-corrected chi connectivity index (χ3v) is 2.37. The zero-order chi connectivity index (χ0) is 7.45. The van der Waals surface area contributed by atoms with Crippen molar-refractivity contribution in [1.29, 1.82) is 0 Å². The number of hydrogen-bond donors (Lipinski definition) is 0. The van der Waals surface area contributed by atoms with E-state index in [0.29, 0.717) is 0 Å². The molecule has 0 aromatic rings. The van der Waals surface area contributed by atoms with Gasteiger partial charge in [-0.3, -0.25) is 0 Å². The summed E-state index contributed by atoms with van der Waals surface area (Å²) in [5, 5.41) is 0. The Morgan fingerprint density at radius 1 is 1.27 bits per heavy atom. The maximum atomic E-state index is 5.28. The molecule has 0 unspecified atom stereocenters. The van der Waals surface area contributed by atoms with Crippen LogP contribution in [0.5, 0.6) is 0 Å². The summed E-state index contributed by atoms with van der Waals surface area (Å²) in [7, 11) is 2.26. The summed E-state index contributed by atoms with van der Waals surface area (Å²) >= 11 is 0. The zero-order valence-electron chi connectivity index (χ0n) is 7.15. The predicted molar refractivity (Wildman–Crippen MR) is 43.5 cm³/mol. The molecule has 0 atom stereocenters. The molecule has 11 heavy (non-hydrogen) atoms. The van der Waals surface area contributed by atoms with E-state index in [4.69, 9.17) is 6.42 Å². The van der Waals surface area contributed by atoms with Gasteiger partial charge in [0.05, 0.1) is 20.1 Å². The lowest BCUT2D eigenvalue weighted by Gasteiger charge is -2.35. The van der Waals surface area contributed by atoms with Crippen molar-refractivity contribution in [3.63, 3.8) is 0 Å². The van der Waals surface area contributed by atoms with Crippen LogP contribution in [0.3, 0.4) is 0 Å². The molecule has 0 N–H and O–H groups in total. The number of piperidine rings is 1. The first-order valence-electron chi connectivity index (χ1n) is 4.04. The van der Waals surface area contributed by atoms with Crippen LogP contribution in [0.15, 0.2) is 0 Å². The van der Waals surface area contributed by atoms with E-state index >= 15 is 0 Å². The molecule has 64 valence electrons. The van der Waals surface area contributed by atoms with Gasteiger partial charge in [0.1, 0.15) is 6.54 Å². The lowest BCUT2D eigenvalue weighted by molar-refractivity contribution is -0.907. The SMILES string of the molecule is C#CC[N+]1(C)CCCCC1.[I-]. The molecule has 1 aliphatic heterocycles. The van der Waals surface area contributed by atoms with Crippen molar-refractivity contribution < 1.29 is 28.5 Å². The van der Waals surface area contributed by atoms with Crippen molar-refractivity contribution in [3.05, 3.63) is 0 Å². The van der Waals surface area contributed by atoms with Gasteiger partial charge in [-0.25, -0.2) is 0 Å². The first kappa shape index (κ1) is 11.2. The standard InChI is InChI=1S/C9H16N.HI/c1-3-7-10(2)8-5-4-6-9-10;/h1H,4-9H2,2H3;1H/q+1;/p-1. The topological polar surface area (TPSA) is 0 Å². The number of terminal acetylenes is 1. The maximum Gasteiger partial charge on any atom is 0.140 e. The number of quaternary nitrogens is 1. The second-order valence-corrected chi connectivity index (χ2v) is 3.49. The van der Waals surface area contributed by atoms with Gasteiger partial charge in [0, 0.05) is 0 Å². The minimum atomic E-state index is 0. The van der Waals surface area contributed by atoms with Gasteiger partial charge in [-0.1, -0.05) is 0 Å². The van der Waals surface area contributed by atoms with Crippen LogP contribution in [0, 0.1) is 12.3 Å². The largest absolute Gasteiger partial charge is 1.00 e. The lowest BCUT2D eigenvalue weighted by Crippen LogP contribution is -3.00. The molecule has 0 aliphatic carbocycles. The molecule has 1 aliphatic rings. The van der Waals surface area contributed by atoms with E-state index in [1.54, 1.807) is 0 Å². The molecule has 0 aromatic heterocycles. The fraction of sp³-hybridized carbons (Fsp3) is 0.778. The molecule has 0 amide bonds. The van der Waals surface area contributed by atoms with E-state index in [2.05, 4.69) is 13.0 Å². The molecule has 2 heteroatoms. The lowest BCUT2D eigenvalue weighted by atomic mass is 10.1. The Labute approximate surface area is 86.8 Å². The number of halogens is 1. The fourth-order valence-electron chi connectivity index (χ4n) is 1.65. The maximum absolute atomic E-state index is 5.28. The summed E-state index contributed by atoms with van der Waals surface area (Å²) in [6.07, 6.45) is 9.40. The highest BCUT2D eigenvalue weighted by Crippen LogP contribution is 2.14. The number of nitrogens with zero attached hydrogens (tertiary/aromatic N) is 1. The quantitative estimate of drug-likeness (QED) is 0.300. The second kappa shape index (κ2) is 5.00. The van der Waals surface area contributed by atoms with Gasteiger partial charge in [-0.2, -0.15) is 0 Å². The van der Waals surface area contributed by atoms with Gasteiger partial charge in [0.15, 0.2) is 0 Å². The average molecular weight is 265 g/mol. The van der Waals surface area contributed by atoms with Crippen LogP contribution in [0.1, 0.15) is 19.3 Å². The summed E-state index contributed by atoms with van der Waals surface area (Å²) in [5.74, 6) is 2.75. The van der Waals surface area contributed by atoms with Crippen LogP contribution in [-0.2, 0) is 0 Å². The van der Waals surface area contributed by atoms with Crippen molar-refractivity contribution in [1.82, 2.24) is 0 Å². The molecule has 0 aromatic carbocycles. The van der Waals surface area contributed by atoms with Crippen LogP contribution >= 0.6 is 0 Å². The van der Waals surface area contributed by atoms with Gasteiger partial charge in [0.2, 0.25) is 0 Å². The van der Waals surface area contributed by atoms with Crippen LogP contribution in [0.25, 0.3) is 0 Å². The average Bonchev–Trinajstić information content (AvgIpc) is 1.89. The van der Waals surface area contributed by atoms with Crippen molar-refractivity contribution in [2.75, 3.05) is 26.7 Å². The predicted octanol–water partition coefficient (Wildman–Crippen LogP) is -1.75. The number of hydrogen-bond acceptors (Lipinski definition) is 0. The Morgan fingerprint density at radius 3 is 2.27 bits per heavy atom. The molecular formula is C9H16IN. The molecule has 1 saturated heterocycles. The van der Waals surface area contributed by atoms with Crippen molar-refractivity contribution in [2.24, 2.45) is 0 Å². The summed E-state index contributed by atoms with van der Waals surface area (Å²) in [6, 6.07) is 0. The minimum absolute atomic E-state index is 0. The Hall–Kier alpha value is 0.250. The van der Waals surface area contributed by atoms with Crippen molar-refractivity contribution in [2.45, 2.75) is 19.3 Å². The third kappa shape index (κ3) is 3.44. The molecule has 1 heterocycles. The highest BCUT2D eigenvalue weighted by molar-refractivity contribution is 4.83. The van der Waals surface area contributed by atoms with Crippen molar-refractivity contribution in [3.8, 4) is 12.3 Å². The third-order valence-electron chi connectivity index (χ3n) is 2.37. The molecule has 0 saturated carbocycles. The number of rotatable bonds is 1. The Bertz CT molecular complexity index is 142. The molecule has 0 bridgehead atoms. The molecule has 1 fully saturated rings. The van der Waals surface area contributed by atoms with Gasteiger partial charge in [-0.05, 0) is 25.2 Å². The van der Waals surface area contributed by atoms with Crippen LogP contribution in [0.4, 0.5) is 0 Å². The van der Waals surface area contributed by atoms with Gasteiger partial charge in [-0.15, -0.1) is 6.42 Å². The smallest absolute Gasteiger partial charge is 0.140 e. The monoisotopic (exact) mass is 265 g/mol. The summed E-state index contributed by atoms with van der Waals surface area (Å²) in [6.45, 7) is 3.48. The highest BCUT2D eigenvalue weighted by Gasteiger charge is 2.22. The van der Waals surface area contributed by atoms with Crippen LogP contribution in [-0.4, -0.2) is 31.2 Å². The second-order valence-electron chi connectivity index (χ2n) is 3.49. The van der Waals surface area contributed by atoms with E-state index in [1.807, 2.05) is 0 Å². The molecule has 1 rings (SSSR count). The Kier molecular flexibility index (Phi) is 5.11. The first-order chi connectivity index (χ1) is 4.77. The van der Waals surface area contributed by atoms with E-state index in [1.165, 1.54) is 32.4 Å². The normalized spacial score (nSPS) is 21.5. The first-order valence-corrected chi connectivity index (χ1v) is 4.04. The summed E-state index contributed by atoms with van der Waals surface area (Å²) < 4.78 is 1.11. The molecule has 0 radical (unpaired) electrons. The highest BCUT2D eigenvalue weighted by atomic mass is 127. The van der Waals surface area contributed by atoms with E-state index in [0.717, 1.165) is 11.0 Å². The minimum Gasteiger partial charge on any atom is -1.00 e. The van der Waals surface area contributed by atoms with Gasteiger partial charge in [0.25, 0.3) is 0 Å². The van der Waals surface area contributed by atoms with Gasteiger partial charge >= 0.3 is 0 Å².